The van der Waals surface area contributed by atoms with Crippen LogP contribution in [0.1, 0.15) is 60.3 Å². The van der Waals surface area contributed by atoms with Crippen LogP contribution in [0.4, 0.5) is 4.79 Å². The van der Waals surface area contributed by atoms with Gasteiger partial charge in [-0.2, -0.15) is 0 Å². The zero-order valence-corrected chi connectivity index (χ0v) is 14.9. The van der Waals surface area contributed by atoms with Crippen molar-refractivity contribution in [1.82, 2.24) is 10.2 Å². The van der Waals surface area contributed by atoms with Gasteiger partial charge in [-0.1, -0.05) is 13.3 Å². The summed E-state index contributed by atoms with van der Waals surface area (Å²) in [5.41, 5.74) is -1.05. The Bertz CT molecular complexity index is 342. The van der Waals surface area contributed by atoms with E-state index in [4.69, 9.17) is 4.74 Å². The fourth-order valence-electron chi connectivity index (χ4n) is 2.82. The monoisotopic (exact) mass is 314 g/mol. The third-order valence-corrected chi connectivity index (χ3v) is 3.99. The summed E-state index contributed by atoms with van der Waals surface area (Å²) in [6.07, 6.45) is 3.58. The predicted molar refractivity (Wildman–Crippen MR) is 88.9 cm³/mol. The summed E-state index contributed by atoms with van der Waals surface area (Å²) < 4.78 is 5.40. The number of likely N-dealkylation sites (tertiary alicyclic amines) is 1. The normalized spacial score (nSPS) is 19.8. The van der Waals surface area contributed by atoms with Gasteiger partial charge in [0.05, 0.1) is 5.60 Å². The number of rotatable bonds is 6. The van der Waals surface area contributed by atoms with Crippen molar-refractivity contribution >= 4 is 6.09 Å². The first kappa shape index (κ1) is 19.2. The molecule has 5 nitrogen and oxygen atoms in total. The second kappa shape index (κ2) is 8.16. The number of carbonyl (C=O) groups is 1. The quantitative estimate of drug-likeness (QED) is 0.791. The van der Waals surface area contributed by atoms with Crippen molar-refractivity contribution in [2.45, 2.75) is 71.5 Å². The van der Waals surface area contributed by atoms with Crippen LogP contribution in [0.25, 0.3) is 0 Å². The second-order valence-corrected chi connectivity index (χ2v) is 7.79. The predicted octanol–water partition coefficient (Wildman–Crippen LogP) is 2.77. The first-order chi connectivity index (χ1) is 10.1. The smallest absolute Gasteiger partial charge is 0.410 e. The highest BCUT2D eigenvalue weighted by Crippen LogP contribution is 2.19. The maximum absolute atomic E-state index is 12.0. The lowest BCUT2D eigenvalue weighted by Crippen LogP contribution is -2.44. The molecule has 1 unspecified atom stereocenters. The van der Waals surface area contributed by atoms with E-state index in [1.165, 1.54) is 0 Å². The molecule has 1 atom stereocenters. The molecule has 0 spiro atoms. The Hall–Kier alpha value is -0.810. The molecule has 1 rings (SSSR count). The van der Waals surface area contributed by atoms with Crippen molar-refractivity contribution in [3.63, 3.8) is 0 Å². The van der Waals surface area contributed by atoms with E-state index in [1.807, 2.05) is 27.7 Å². The van der Waals surface area contributed by atoms with Crippen LogP contribution < -0.4 is 5.32 Å². The van der Waals surface area contributed by atoms with Crippen LogP contribution in [-0.4, -0.2) is 53.5 Å². The van der Waals surface area contributed by atoms with Gasteiger partial charge in [-0.3, -0.25) is 0 Å². The molecular formula is C17H34N2O3. The summed E-state index contributed by atoms with van der Waals surface area (Å²) in [4.78, 5) is 13.8. The minimum atomic E-state index is -0.619. The number of hydrogen-bond acceptors (Lipinski definition) is 4. The Morgan fingerprint density at radius 3 is 2.36 bits per heavy atom. The number of hydrogen-bond donors (Lipinski definition) is 2. The van der Waals surface area contributed by atoms with Crippen LogP contribution in [0.3, 0.4) is 0 Å². The van der Waals surface area contributed by atoms with Crippen molar-refractivity contribution in [2.24, 2.45) is 5.92 Å². The first-order valence-corrected chi connectivity index (χ1v) is 8.54. The van der Waals surface area contributed by atoms with Gasteiger partial charge in [0.2, 0.25) is 0 Å². The number of piperidine rings is 1. The van der Waals surface area contributed by atoms with E-state index in [0.29, 0.717) is 12.5 Å². The Morgan fingerprint density at radius 1 is 1.27 bits per heavy atom. The lowest BCUT2D eigenvalue weighted by molar-refractivity contribution is 0.0179. The van der Waals surface area contributed by atoms with Crippen molar-refractivity contribution in [2.75, 3.05) is 26.2 Å². The Balaban J connectivity index is 2.24. The molecule has 0 saturated carbocycles. The molecule has 22 heavy (non-hydrogen) atoms. The average Bonchev–Trinajstić information content (AvgIpc) is 2.37. The Morgan fingerprint density at radius 2 is 1.86 bits per heavy atom. The van der Waals surface area contributed by atoms with Gasteiger partial charge in [-0.15, -0.1) is 0 Å². The molecule has 0 bridgehead atoms. The van der Waals surface area contributed by atoms with E-state index in [2.05, 4.69) is 12.2 Å². The molecule has 1 saturated heterocycles. The fourth-order valence-corrected chi connectivity index (χ4v) is 2.82. The maximum Gasteiger partial charge on any atom is 0.410 e. The minimum absolute atomic E-state index is 0.204. The van der Waals surface area contributed by atoms with E-state index >= 15 is 0 Å². The zero-order valence-electron chi connectivity index (χ0n) is 14.9. The Labute approximate surface area is 135 Å². The third-order valence-electron chi connectivity index (χ3n) is 3.99. The molecule has 1 amide bonds. The molecule has 5 heteroatoms. The highest BCUT2D eigenvalue weighted by molar-refractivity contribution is 5.68. The number of carbonyl (C=O) groups excluding carboxylic acids is 1. The van der Waals surface area contributed by atoms with Gasteiger partial charge in [-0.25, -0.2) is 4.79 Å². The van der Waals surface area contributed by atoms with Crippen LogP contribution in [0.15, 0.2) is 0 Å². The highest BCUT2D eigenvalue weighted by Gasteiger charge is 2.27. The van der Waals surface area contributed by atoms with Crippen LogP contribution in [-0.2, 0) is 4.74 Å². The Kier molecular flexibility index (Phi) is 7.13. The van der Waals surface area contributed by atoms with Crippen LogP contribution in [0.2, 0.25) is 0 Å². The molecule has 130 valence electrons. The van der Waals surface area contributed by atoms with E-state index in [0.717, 1.165) is 45.3 Å². The molecule has 0 aromatic carbocycles. The van der Waals surface area contributed by atoms with Crippen molar-refractivity contribution in [1.29, 1.82) is 0 Å². The molecule has 1 fully saturated rings. The van der Waals surface area contributed by atoms with Crippen molar-refractivity contribution in [3.8, 4) is 0 Å². The van der Waals surface area contributed by atoms with Crippen LogP contribution in [0.5, 0.6) is 0 Å². The highest BCUT2D eigenvalue weighted by atomic mass is 16.6. The topological polar surface area (TPSA) is 61.8 Å². The number of amides is 1. The number of nitrogens with zero attached hydrogens (tertiary/aromatic N) is 1. The van der Waals surface area contributed by atoms with Gasteiger partial charge in [0.1, 0.15) is 5.60 Å². The first-order valence-electron chi connectivity index (χ1n) is 8.54. The summed E-state index contributed by atoms with van der Waals surface area (Å²) >= 11 is 0. The SMILES string of the molecule is CCCC(C)(O)CNCC1CCN(C(=O)OC(C)(C)C)CC1. The molecule has 2 N–H and O–H groups in total. The summed E-state index contributed by atoms with van der Waals surface area (Å²) in [7, 11) is 0. The van der Waals surface area contributed by atoms with Gasteiger partial charge >= 0.3 is 6.09 Å². The second-order valence-electron chi connectivity index (χ2n) is 7.79. The summed E-state index contributed by atoms with van der Waals surface area (Å²) in [5.74, 6) is 0.566. The maximum atomic E-state index is 12.0. The number of aliphatic hydroxyl groups is 1. The molecule has 0 radical (unpaired) electrons. The van der Waals surface area contributed by atoms with E-state index in [-0.39, 0.29) is 6.09 Å². The van der Waals surface area contributed by atoms with E-state index in [1.54, 1.807) is 4.90 Å². The lowest BCUT2D eigenvalue weighted by Gasteiger charge is -2.34. The lowest BCUT2D eigenvalue weighted by atomic mass is 9.96. The van der Waals surface area contributed by atoms with Crippen molar-refractivity contribution < 1.29 is 14.6 Å². The van der Waals surface area contributed by atoms with Gasteiger partial charge in [0.15, 0.2) is 0 Å². The van der Waals surface area contributed by atoms with E-state index < -0.39 is 11.2 Å². The van der Waals surface area contributed by atoms with Crippen molar-refractivity contribution in [3.05, 3.63) is 0 Å². The average molecular weight is 314 g/mol. The molecular weight excluding hydrogens is 280 g/mol. The third kappa shape index (κ3) is 7.45. The largest absolute Gasteiger partial charge is 0.444 e. The summed E-state index contributed by atoms with van der Waals surface area (Å²) in [6.45, 7) is 12.7. The van der Waals surface area contributed by atoms with Gasteiger partial charge in [0, 0.05) is 19.6 Å². The summed E-state index contributed by atoms with van der Waals surface area (Å²) in [5, 5.41) is 13.5. The number of ether oxygens (including phenoxy) is 1. The molecule has 1 heterocycles. The molecule has 0 aromatic heterocycles. The zero-order chi connectivity index (χ0) is 16.8. The van der Waals surface area contributed by atoms with Crippen LogP contribution >= 0.6 is 0 Å². The molecule has 1 aliphatic rings. The van der Waals surface area contributed by atoms with Gasteiger partial charge < -0.3 is 20.1 Å². The van der Waals surface area contributed by atoms with Gasteiger partial charge in [0.25, 0.3) is 0 Å². The van der Waals surface area contributed by atoms with Crippen LogP contribution in [0, 0.1) is 5.92 Å². The van der Waals surface area contributed by atoms with Gasteiger partial charge in [-0.05, 0) is 59.4 Å². The number of nitrogens with one attached hydrogen (secondary N) is 1. The fraction of sp³-hybridized carbons (Fsp3) is 0.941. The van der Waals surface area contributed by atoms with E-state index in [9.17, 15) is 9.90 Å². The molecule has 0 aromatic rings. The molecule has 0 aliphatic carbocycles. The molecule has 1 aliphatic heterocycles. The summed E-state index contributed by atoms with van der Waals surface area (Å²) in [6, 6.07) is 0. The minimum Gasteiger partial charge on any atom is -0.444 e. The standard InChI is InChI=1S/C17H34N2O3/c1-6-9-17(5,21)13-18-12-14-7-10-19(11-8-14)15(20)22-16(2,3)4/h14,18,21H,6-13H2,1-5H3.